The monoisotopic (exact) mass is 529 g/mol. The van der Waals surface area contributed by atoms with Crippen LogP contribution >= 0.6 is 0 Å². The lowest BCUT2D eigenvalue weighted by Crippen LogP contribution is -2.50. The van der Waals surface area contributed by atoms with Gasteiger partial charge in [-0.3, -0.25) is 19.2 Å². The van der Waals surface area contributed by atoms with E-state index in [0.29, 0.717) is 16.6 Å². The number of nitrogens with one attached hydrogen (secondary N) is 1. The number of anilines is 1. The summed E-state index contributed by atoms with van der Waals surface area (Å²) in [5.41, 5.74) is 5.56. The highest BCUT2D eigenvalue weighted by molar-refractivity contribution is 6.13. The number of rotatable bonds is 7. The number of carbonyl (C=O) groups is 4. The predicted molar refractivity (Wildman–Crippen MR) is 133 cm³/mol. The van der Waals surface area contributed by atoms with E-state index in [-0.39, 0.29) is 18.1 Å². The van der Waals surface area contributed by atoms with E-state index in [2.05, 4.69) is 15.3 Å². The van der Waals surface area contributed by atoms with Crippen LogP contribution in [0.2, 0.25) is 0 Å². The highest BCUT2D eigenvalue weighted by Crippen LogP contribution is 2.46. The number of aromatic nitrogens is 3. The zero-order valence-electron chi connectivity index (χ0n) is 22.0. The lowest BCUT2D eigenvalue weighted by molar-refractivity contribution is -0.187. The van der Waals surface area contributed by atoms with Crippen molar-refractivity contribution in [3.8, 4) is 0 Å². The molecule has 0 aromatic carbocycles. The summed E-state index contributed by atoms with van der Waals surface area (Å²) in [6.45, 7) is 9.24. The Hall–Kier alpha value is -4.00. The molecule has 2 aromatic rings. The van der Waals surface area contributed by atoms with Gasteiger partial charge in [0.05, 0.1) is 17.2 Å². The number of amides is 1. The first-order chi connectivity index (χ1) is 17.8. The molecule has 0 aliphatic carbocycles. The van der Waals surface area contributed by atoms with Crippen molar-refractivity contribution >= 4 is 46.4 Å². The van der Waals surface area contributed by atoms with Gasteiger partial charge in [-0.1, -0.05) is 27.7 Å². The maximum Gasteiger partial charge on any atom is 0.308 e. The van der Waals surface area contributed by atoms with Gasteiger partial charge in [0.15, 0.2) is 17.9 Å². The van der Waals surface area contributed by atoms with E-state index in [9.17, 15) is 19.2 Å². The number of ether oxygens (including phenoxy) is 4. The Morgan fingerprint density at radius 1 is 1.18 bits per heavy atom. The van der Waals surface area contributed by atoms with E-state index >= 15 is 0 Å². The number of nitrogens with two attached hydrogens (primary N) is 1. The molecule has 2 aliphatic rings. The van der Waals surface area contributed by atoms with Crippen molar-refractivity contribution in [2.45, 2.75) is 65.6 Å². The molecule has 4 heterocycles. The largest absolute Gasteiger partial charge is 0.463 e. The fourth-order valence-corrected chi connectivity index (χ4v) is 4.50. The van der Waals surface area contributed by atoms with Gasteiger partial charge in [0.2, 0.25) is 0 Å². The normalized spacial score (nSPS) is 24.7. The van der Waals surface area contributed by atoms with Gasteiger partial charge in [0.1, 0.15) is 30.5 Å². The van der Waals surface area contributed by atoms with Gasteiger partial charge in [0.25, 0.3) is 5.91 Å². The molecule has 204 valence electrons. The molecule has 2 aliphatic heterocycles. The smallest absolute Gasteiger partial charge is 0.308 e. The second-order valence-corrected chi connectivity index (χ2v) is 10.1. The zero-order chi connectivity index (χ0) is 27.9. The molecule has 0 spiro atoms. The Labute approximate surface area is 218 Å². The van der Waals surface area contributed by atoms with E-state index in [0.717, 1.165) is 0 Å². The number of hydrogen-bond acceptors (Lipinski definition) is 11. The summed E-state index contributed by atoms with van der Waals surface area (Å²) in [6.07, 6.45) is 0.858. The van der Waals surface area contributed by atoms with E-state index in [4.69, 9.17) is 24.7 Å². The molecular weight excluding hydrogens is 498 g/mol. The second kappa shape index (κ2) is 10.0. The van der Waals surface area contributed by atoms with Crippen molar-refractivity contribution in [3.63, 3.8) is 0 Å². The molecule has 4 atom stereocenters. The molecule has 0 saturated carbocycles. The third kappa shape index (κ3) is 4.80. The summed E-state index contributed by atoms with van der Waals surface area (Å²) < 4.78 is 24.9. The number of carbonyl (C=O) groups excluding carboxylic acids is 4. The minimum Gasteiger partial charge on any atom is -0.463 e. The average Bonchev–Trinajstić information content (AvgIpc) is 3.28. The molecule has 1 fully saturated rings. The van der Waals surface area contributed by atoms with Crippen LogP contribution in [-0.2, 0) is 38.1 Å². The van der Waals surface area contributed by atoms with Crippen LogP contribution < -0.4 is 11.1 Å². The van der Waals surface area contributed by atoms with E-state index in [1.165, 1.54) is 19.3 Å². The molecule has 4 unspecified atom stereocenters. The summed E-state index contributed by atoms with van der Waals surface area (Å²) in [5, 5.41) is 3.11. The standard InChI is InChI=1S/C25H31N5O8/c1-11(2)22(33)35-9-16-19(37-23(34)12(3)4)25(6,38-13(5)31)24(36-16)30-8-14-15(26)7-17(32)29-20-18(14)21(30)28-10-27-20/h7-8,10-12,16,19,24H,9,26H2,1-6H3,(H,27,28,29,32). The van der Waals surface area contributed by atoms with Crippen LogP contribution in [0.5, 0.6) is 0 Å². The van der Waals surface area contributed by atoms with Crippen LogP contribution in [0, 0.1) is 11.8 Å². The molecule has 2 aromatic heterocycles. The molecule has 4 rings (SSSR count). The molecule has 38 heavy (non-hydrogen) atoms. The maximum absolute atomic E-state index is 12.7. The number of hydrogen-bond donors (Lipinski definition) is 2. The van der Waals surface area contributed by atoms with Gasteiger partial charge in [-0.25, -0.2) is 9.97 Å². The third-order valence-electron chi connectivity index (χ3n) is 6.34. The van der Waals surface area contributed by atoms with Crippen LogP contribution in [-0.4, -0.2) is 62.8 Å². The molecule has 1 saturated heterocycles. The van der Waals surface area contributed by atoms with Crippen LogP contribution in [0.15, 0.2) is 18.6 Å². The lowest BCUT2D eigenvalue weighted by Gasteiger charge is -2.34. The fourth-order valence-electron chi connectivity index (χ4n) is 4.50. The molecule has 13 heteroatoms. The zero-order valence-corrected chi connectivity index (χ0v) is 22.0. The van der Waals surface area contributed by atoms with Crippen LogP contribution in [0.25, 0.3) is 16.7 Å². The SMILES string of the molecule is CC(=O)OC1(C)C(OC(=O)C(C)C)C(COC(=O)C(C)C)OC1n1cc2c3c(ncnc31)NC(=O)C=C2N. The molecule has 13 nitrogen and oxygen atoms in total. The summed E-state index contributed by atoms with van der Waals surface area (Å²) in [4.78, 5) is 58.0. The molecule has 0 bridgehead atoms. The lowest BCUT2D eigenvalue weighted by atomic mass is 9.95. The first-order valence-corrected chi connectivity index (χ1v) is 12.2. The van der Waals surface area contributed by atoms with Crippen LogP contribution in [0.4, 0.5) is 5.82 Å². The van der Waals surface area contributed by atoms with Crippen molar-refractivity contribution in [1.82, 2.24) is 14.5 Å². The van der Waals surface area contributed by atoms with E-state index in [1.54, 1.807) is 45.4 Å². The summed E-state index contributed by atoms with van der Waals surface area (Å²) >= 11 is 0. The molecule has 1 amide bonds. The van der Waals surface area contributed by atoms with Crippen LogP contribution in [0.3, 0.4) is 0 Å². The Balaban J connectivity index is 1.85. The van der Waals surface area contributed by atoms with Gasteiger partial charge >= 0.3 is 17.9 Å². The Bertz CT molecular complexity index is 1330. The van der Waals surface area contributed by atoms with Crippen molar-refractivity contribution < 1.29 is 38.1 Å². The van der Waals surface area contributed by atoms with Gasteiger partial charge < -0.3 is 34.6 Å². The number of esters is 3. The number of nitrogens with zero attached hydrogens (tertiary/aromatic N) is 3. The quantitative estimate of drug-likeness (QED) is 0.394. The van der Waals surface area contributed by atoms with Gasteiger partial charge in [-0.2, -0.15) is 0 Å². The Kier molecular flexibility index (Phi) is 7.15. The average molecular weight is 530 g/mol. The summed E-state index contributed by atoms with van der Waals surface area (Å²) in [5.74, 6) is -2.76. The molecular formula is C25H31N5O8. The highest BCUT2D eigenvalue weighted by atomic mass is 16.7. The van der Waals surface area contributed by atoms with E-state index in [1.807, 2.05) is 0 Å². The summed E-state index contributed by atoms with van der Waals surface area (Å²) in [6, 6.07) is 0. The maximum atomic E-state index is 12.7. The first kappa shape index (κ1) is 27.0. The van der Waals surface area contributed by atoms with Crippen molar-refractivity contribution in [2.24, 2.45) is 17.6 Å². The third-order valence-corrected chi connectivity index (χ3v) is 6.34. The molecule has 3 N–H and O–H groups in total. The van der Waals surface area contributed by atoms with Crippen LogP contribution in [0.1, 0.15) is 53.3 Å². The van der Waals surface area contributed by atoms with Gasteiger partial charge in [-0.05, 0) is 6.92 Å². The topological polar surface area (TPSA) is 174 Å². The van der Waals surface area contributed by atoms with E-state index < -0.39 is 59.7 Å². The second-order valence-electron chi connectivity index (χ2n) is 10.1. The predicted octanol–water partition coefficient (Wildman–Crippen LogP) is 1.67. The fraction of sp³-hybridized carbons (Fsp3) is 0.520. The Morgan fingerprint density at radius 2 is 1.87 bits per heavy atom. The first-order valence-electron chi connectivity index (χ1n) is 12.2. The van der Waals surface area contributed by atoms with Crippen molar-refractivity contribution in [3.05, 3.63) is 24.2 Å². The van der Waals surface area contributed by atoms with Crippen molar-refractivity contribution in [2.75, 3.05) is 11.9 Å². The highest BCUT2D eigenvalue weighted by Gasteiger charge is 2.60. The van der Waals surface area contributed by atoms with Crippen molar-refractivity contribution in [1.29, 1.82) is 0 Å². The summed E-state index contributed by atoms with van der Waals surface area (Å²) in [7, 11) is 0. The Morgan fingerprint density at radius 3 is 2.50 bits per heavy atom. The minimum atomic E-state index is -1.58. The minimum absolute atomic E-state index is 0.164. The van der Waals surface area contributed by atoms with Gasteiger partial charge in [-0.15, -0.1) is 0 Å². The molecule has 0 radical (unpaired) electrons. The van der Waals surface area contributed by atoms with Gasteiger partial charge in [0, 0.05) is 30.5 Å².